The van der Waals surface area contributed by atoms with Gasteiger partial charge in [0.1, 0.15) is 10.7 Å². The second-order valence-electron chi connectivity index (χ2n) is 6.44. The zero-order chi connectivity index (χ0) is 16.6. The average molecular weight is 333 g/mol. The Bertz CT molecular complexity index is 806. The van der Waals surface area contributed by atoms with E-state index in [0.717, 1.165) is 35.3 Å². The fourth-order valence-corrected chi connectivity index (χ4v) is 4.77. The fraction of sp³-hybridized carbons (Fsp3) is 0.588. The summed E-state index contributed by atoms with van der Waals surface area (Å²) in [4.78, 5) is 30.9. The lowest BCUT2D eigenvalue weighted by molar-refractivity contribution is -0.118. The molecule has 0 spiro atoms. The molecule has 0 bridgehead atoms. The van der Waals surface area contributed by atoms with Crippen molar-refractivity contribution in [2.24, 2.45) is 11.7 Å². The normalized spacial score (nSPS) is 17.4. The van der Waals surface area contributed by atoms with Gasteiger partial charge < -0.3 is 5.73 Å². The predicted molar refractivity (Wildman–Crippen MR) is 92.9 cm³/mol. The van der Waals surface area contributed by atoms with Gasteiger partial charge in [-0.2, -0.15) is 0 Å². The summed E-state index contributed by atoms with van der Waals surface area (Å²) in [6, 6.07) is 0. The van der Waals surface area contributed by atoms with Crippen LogP contribution in [-0.4, -0.2) is 15.5 Å². The number of aryl methyl sites for hydroxylation is 2. The molecule has 0 aromatic carbocycles. The average Bonchev–Trinajstić information content (AvgIpc) is 2.86. The summed E-state index contributed by atoms with van der Waals surface area (Å²) in [5.41, 5.74) is 6.48. The van der Waals surface area contributed by atoms with Gasteiger partial charge in [0.2, 0.25) is 5.91 Å². The number of primary amides is 1. The molecule has 2 aromatic heterocycles. The van der Waals surface area contributed by atoms with Gasteiger partial charge in [-0.1, -0.05) is 13.8 Å². The first-order chi connectivity index (χ1) is 11.0. The van der Waals surface area contributed by atoms with Crippen LogP contribution >= 0.6 is 11.3 Å². The Morgan fingerprint density at radius 1 is 1.48 bits per heavy atom. The molecule has 0 radical (unpaired) electrons. The smallest absolute Gasteiger partial charge is 0.262 e. The van der Waals surface area contributed by atoms with Gasteiger partial charge in [-0.25, -0.2) is 4.98 Å². The monoisotopic (exact) mass is 333 g/mol. The molecule has 1 aliphatic rings. The van der Waals surface area contributed by atoms with E-state index >= 15 is 0 Å². The van der Waals surface area contributed by atoms with Crippen molar-refractivity contribution in [2.75, 3.05) is 0 Å². The van der Waals surface area contributed by atoms with E-state index in [1.807, 2.05) is 6.92 Å². The molecule has 0 fully saturated rings. The second kappa shape index (κ2) is 6.43. The van der Waals surface area contributed by atoms with Crippen LogP contribution in [0.5, 0.6) is 0 Å². The van der Waals surface area contributed by atoms with E-state index in [4.69, 9.17) is 10.7 Å². The summed E-state index contributed by atoms with van der Waals surface area (Å²) in [7, 11) is 0. The number of carbonyl (C=O) groups excluding carboxylic acids is 1. The molecule has 2 heterocycles. The summed E-state index contributed by atoms with van der Waals surface area (Å²) in [5.74, 6) is 1.16. The molecule has 1 unspecified atom stereocenters. The SMILES string of the molecule is CCc1nc2sc3c(c2c(=O)n1CCCC(N)=O)CCC(C)C3. The van der Waals surface area contributed by atoms with Crippen molar-refractivity contribution < 1.29 is 4.79 Å². The lowest BCUT2D eigenvalue weighted by Gasteiger charge is -2.17. The molecule has 2 N–H and O–H groups in total. The van der Waals surface area contributed by atoms with E-state index in [9.17, 15) is 9.59 Å². The summed E-state index contributed by atoms with van der Waals surface area (Å²) >= 11 is 1.69. The van der Waals surface area contributed by atoms with E-state index in [1.165, 1.54) is 10.4 Å². The lowest BCUT2D eigenvalue weighted by atomic mass is 9.89. The number of fused-ring (bicyclic) bond motifs is 3. The van der Waals surface area contributed by atoms with Gasteiger partial charge in [-0.05, 0) is 37.2 Å². The van der Waals surface area contributed by atoms with Crippen molar-refractivity contribution in [3.05, 3.63) is 26.6 Å². The zero-order valence-electron chi connectivity index (χ0n) is 13.7. The van der Waals surface area contributed by atoms with Crippen molar-refractivity contribution in [3.8, 4) is 0 Å². The van der Waals surface area contributed by atoms with Crippen LogP contribution in [0, 0.1) is 5.92 Å². The standard InChI is InChI=1S/C17H23N3O2S/c1-3-14-19-16-15(11-7-6-10(2)9-12(11)23-16)17(22)20(14)8-4-5-13(18)21/h10H,3-9H2,1-2H3,(H2,18,21). The molecule has 1 amide bonds. The quantitative estimate of drug-likeness (QED) is 0.912. The maximum absolute atomic E-state index is 13.0. The highest BCUT2D eigenvalue weighted by Crippen LogP contribution is 2.35. The minimum Gasteiger partial charge on any atom is -0.370 e. The number of thiophene rings is 1. The van der Waals surface area contributed by atoms with Crippen molar-refractivity contribution in [1.82, 2.24) is 9.55 Å². The Labute approximate surface area is 139 Å². The van der Waals surface area contributed by atoms with E-state index in [0.29, 0.717) is 31.7 Å². The Morgan fingerprint density at radius 3 is 2.96 bits per heavy atom. The first-order valence-corrected chi connectivity index (χ1v) is 9.15. The van der Waals surface area contributed by atoms with Gasteiger partial charge in [0.05, 0.1) is 5.39 Å². The number of nitrogens with zero attached hydrogens (tertiary/aromatic N) is 2. The molecule has 0 aliphatic heterocycles. The van der Waals surface area contributed by atoms with E-state index in [2.05, 4.69) is 6.92 Å². The van der Waals surface area contributed by atoms with Gasteiger partial charge in [0, 0.05) is 24.3 Å². The molecule has 0 saturated heterocycles. The Morgan fingerprint density at radius 2 is 2.26 bits per heavy atom. The number of rotatable bonds is 5. The van der Waals surface area contributed by atoms with Crippen LogP contribution in [-0.2, 0) is 30.6 Å². The molecule has 3 rings (SSSR count). The highest BCUT2D eigenvalue weighted by Gasteiger charge is 2.24. The highest BCUT2D eigenvalue weighted by molar-refractivity contribution is 7.18. The molecule has 0 saturated carbocycles. The first kappa shape index (κ1) is 16.2. The van der Waals surface area contributed by atoms with Gasteiger partial charge >= 0.3 is 0 Å². The maximum Gasteiger partial charge on any atom is 0.262 e. The van der Waals surface area contributed by atoms with E-state index in [-0.39, 0.29) is 11.5 Å². The number of carbonyl (C=O) groups is 1. The molecule has 6 heteroatoms. The Kier molecular flexibility index (Phi) is 4.53. The summed E-state index contributed by atoms with van der Waals surface area (Å²) < 4.78 is 1.75. The zero-order valence-corrected chi connectivity index (χ0v) is 14.5. The maximum atomic E-state index is 13.0. The summed E-state index contributed by atoms with van der Waals surface area (Å²) in [5, 5.41) is 0.813. The van der Waals surface area contributed by atoms with Crippen molar-refractivity contribution >= 4 is 27.5 Å². The summed E-state index contributed by atoms with van der Waals surface area (Å²) in [6.45, 7) is 4.78. The lowest BCUT2D eigenvalue weighted by Crippen LogP contribution is -2.26. The number of aromatic nitrogens is 2. The van der Waals surface area contributed by atoms with Gasteiger partial charge in [0.25, 0.3) is 5.56 Å². The highest BCUT2D eigenvalue weighted by atomic mass is 32.1. The van der Waals surface area contributed by atoms with Crippen LogP contribution in [0.2, 0.25) is 0 Å². The molecular formula is C17H23N3O2S. The van der Waals surface area contributed by atoms with Crippen LogP contribution in [0.3, 0.4) is 0 Å². The minimum absolute atomic E-state index is 0.0587. The van der Waals surface area contributed by atoms with Crippen LogP contribution in [0.15, 0.2) is 4.79 Å². The van der Waals surface area contributed by atoms with Gasteiger partial charge in [0.15, 0.2) is 0 Å². The third-order valence-corrected chi connectivity index (χ3v) is 5.76. The largest absolute Gasteiger partial charge is 0.370 e. The third kappa shape index (κ3) is 3.04. The molecular weight excluding hydrogens is 310 g/mol. The molecule has 1 atom stereocenters. The molecule has 124 valence electrons. The van der Waals surface area contributed by atoms with Crippen molar-refractivity contribution in [1.29, 1.82) is 0 Å². The number of nitrogens with two attached hydrogens (primary N) is 1. The van der Waals surface area contributed by atoms with Crippen LogP contribution < -0.4 is 11.3 Å². The number of hydrogen-bond donors (Lipinski definition) is 1. The second-order valence-corrected chi connectivity index (χ2v) is 7.52. The third-order valence-electron chi connectivity index (χ3n) is 4.62. The number of hydrogen-bond acceptors (Lipinski definition) is 4. The Hall–Kier alpha value is -1.69. The fourth-order valence-electron chi connectivity index (χ4n) is 3.38. The van der Waals surface area contributed by atoms with Crippen LogP contribution in [0.25, 0.3) is 10.2 Å². The molecule has 2 aromatic rings. The van der Waals surface area contributed by atoms with Gasteiger partial charge in [-0.15, -0.1) is 11.3 Å². The Balaban J connectivity index is 2.07. The molecule has 5 nitrogen and oxygen atoms in total. The van der Waals surface area contributed by atoms with Crippen LogP contribution in [0.4, 0.5) is 0 Å². The number of amides is 1. The predicted octanol–water partition coefficient (Wildman–Crippen LogP) is 2.41. The molecule has 23 heavy (non-hydrogen) atoms. The minimum atomic E-state index is -0.327. The first-order valence-electron chi connectivity index (χ1n) is 8.33. The molecule has 1 aliphatic carbocycles. The van der Waals surface area contributed by atoms with E-state index < -0.39 is 0 Å². The van der Waals surface area contributed by atoms with Gasteiger partial charge in [-0.3, -0.25) is 14.2 Å². The van der Waals surface area contributed by atoms with E-state index in [1.54, 1.807) is 15.9 Å². The van der Waals surface area contributed by atoms with Crippen LogP contribution in [0.1, 0.15) is 49.4 Å². The summed E-state index contributed by atoms with van der Waals surface area (Å²) in [6.07, 6.45) is 4.75. The van der Waals surface area contributed by atoms with Crippen molar-refractivity contribution in [2.45, 2.75) is 58.9 Å². The van der Waals surface area contributed by atoms with Crippen molar-refractivity contribution in [3.63, 3.8) is 0 Å². The topological polar surface area (TPSA) is 78.0 Å².